The maximum Gasteiger partial charge on any atom is 0.263 e. The number of nitrogens with zero attached hydrogens (tertiary/aromatic N) is 1. The van der Waals surface area contributed by atoms with Crippen molar-refractivity contribution in [3.8, 4) is 0 Å². The molecule has 4 heteroatoms. The summed E-state index contributed by atoms with van der Waals surface area (Å²) in [5, 5.41) is 1.89. The molecule has 2 rings (SSSR count). The van der Waals surface area contributed by atoms with Crippen molar-refractivity contribution < 1.29 is 4.79 Å². The first kappa shape index (κ1) is 9.09. The summed E-state index contributed by atoms with van der Waals surface area (Å²) in [5.74, 6) is 0.132. The Morgan fingerprint density at radius 2 is 2.38 bits per heavy atom. The molecule has 0 atom stereocenters. The van der Waals surface area contributed by atoms with E-state index in [2.05, 4.69) is 12.6 Å². The molecule has 0 unspecified atom stereocenters. The quantitative estimate of drug-likeness (QED) is 0.747. The molecule has 1 aromatic rings. The van der Waals surface area contributed by atoms with Crippen molar-refractivity contribution in [2.75, 3.05) is 7.05 Å². The predicted octanol–water partition coefficient (Wildman–Crippen LogP) is 2.27. The molecular weight excluding hydrogens is 202 g/mol. The third-order valence-corrected chi connectivity index (χ3v) is 3.56. The van der Waals surface area contributed by atoms with Gasteiger partial charge in [-0.05, 0) is 18.9 Å². The monoisotopic (exact) mass is 213 g/mol. The van der Waals surface area contributed by atoms with E-state index in [1.54, 1.807) is 0 Å². The largest absolute Gasteiger partial charge is 0.338 e. The average molecular weight is 213 g/mol. The van der Waals surface area contributed by atoms with Crippen LogP contribution >= 0.6 is 24.0 Å². The Labute approximate surface area is 87.0 Å². The summed E-state index contributed by atoms with van der Waals surface area (Å²) in [5.41, 5.74) is 0. The number of carbonyl (C=O) groups excluding carboxylic acids is 1. The zero-order valence-corrected chi connectivity index (χ0v) is 9.07. The van der Waals surface area contributed by atoms with Gasteiger partial charge in [-0.15, -0.1) is 24.0 Å². The van der Waals surface area contributed by atoms with Crippen molar-refractivity contribution in [1.29, 1.82) is 0 Å². The van der Waals surface area contributed by atoms with Crippen LogP contribution in [0.3, 0.4) is 0 Å². The molecule has 2 nitrogen and oxygen atoms in total. The second kappa shape index (κ2) is 3.35. The number of rotatable bonds is 2. The molecule has 70 valence electrons. The van der Waals surface area contributed by atoms with E-state index in [0.717, 1.165) is 22.6 Å². The number of hydrogen-bond acceptors (Lipinski definition) is 3. The molecular formula is C9H11NOS2. The standard InChI is InChI=1S/C9H11NOS2/c1-10(6-2-3-6)9(11)8-4-7(12)5-13-8/h4-6,12H,2-3H2,1H3. The molecule has 0 aliphatic heterocycles. The Hall–Kier alpha value is -0.480. The Kier molecular flexibility index (Phi) is 2.34. The molecule has 1 heterocycles. The van der Waals surface area contributed by atoms with E-state index in [-0.39, 0.29) is 5.91 Å². The van der Waals surface area contributed by atoms with E-state index < -0.39 is 0 Å². The molecule has 1 fully saturated rings. The summed E-state index contributed by atoms with van der Waals surface area (Å²) < 4.78 is 0. The van der Waals surface area contributed by atoms with Crippen LogP contribution in [0.1, 0.15) is 22.5 Å². The van der Waals surface area contributed by atoms with Gasteiger partial charge in [0.25, 0.3) is 5.91 Å². The van der Waals surface area contributed by atoms with Gasteiger partial charge in [0.2, 0.25) is 0 Å². The second-order valence-corrected chi connectivity index (χ2v) is 4.74. The van der Waals surface area contributed by atoms with E-state index >= 15 is 0 Å². The molecule has 0 aromatic carbocycles. The van der Waals surface area contributed by atoms with Crippen molar-refractivity contribution in [1.82, 2.24) is 4.90 Å². The zero-order chi connectivity index (χ0) is 9.42. The fraction of sp³-hybridized carbons (Fsp3) is 0.444. The van der Waals surface area contributed by atoms with Crippen molar-refractivity contribution in [2.24, 2.45) is 0 Å². The first-order chi connectivity index (χ1) is 6.18. The highest BCUT2D eigenvalue weighted by Gasteiger charge is 2.30. The summed E-state index contributed by atoms with van der Waals surface area (Å²) in [6, 6.07) is 2.31. The molecule has 1 aromatic heterocycles. The molecule has 1 saturated carbocycles. The van der Waals surface area contributed by atoms with Gasteiger partial charge in [0, 0.05) is 23.4 Å². The molecule has 0 saturated heterocycles. The van der Waals surface area contributed by atoms with Crippen LogP contribution in [0.25, 0.3) is 0 Å². The predicted molar refractivity (Wildman–Crippen MR) is 56.7 cm³/mol. The molecule has 0 bridgehead atoms. The third kappa shape index (κ3) is 1.89. The summed E-state index contributed by atoms with van der Waals surface area (Å²) in [7, 11) is 1.87. The lowest BCUT2D eigenvalue weighted by atomic mass is 10.4. The third-order valence-electron chi connectivity index (χ3n) is 2.21. The van der Waals surface area contributed by atoms with Crippen molar-refractivity contribution >= 4 is 29.9 Å². The van der Waals surface area contributed by atoms with Crippen molar-refractivity contribution in [2.45, 2.75) is 23.8 Å². The van der Waals surface area contributed by atoms with Crippen LogP contribution in [-0.2, 0) is 0 Å². The van der Waals surface area contributed by atoms with E-state index in [1.165, 1.54) is 11.3 Å². The SMILES string of the molecule is CN(C(=O)c1cc(S)cs1)C1CC1. The molecule has 1 amide bonds. The van der Waals surface area contributed by atoms with Gasteiger partial charge in [0.05, 0.1) is 4.88 Å². The summed E-state index contributed by atoms with van der Waals surface area (Å²) in [6.07, 6.45) is 2.31. The van der Waals surface area contributed by atoms with E-state index in [9.17, 15) is 4.79 Å². The number of hydrogen-bond donors (Lipinski definition) is 1. The topological polar surface area (TPSA) is 20.3 Å². The normalized spacial score (nSPS) is 15.8. The van der Waals surface area contributed by atoms with Gasteiger partial charge in [-0.25, -0.2) is 0 Å². The first-order valence-electron chi connectivity index (χ1n) is 4.23. The van der Waals surface area contributed by atoms with E-state index in [0.29, 0.717) is 6.04 Å². The van der Waals surface area contributed by atoms with E-state index in [1.807, 2.05) is 23.4 Å². The van der Waals surface area contributed by atoms with Crippen LogP contribution in [0.15, 0.2) is 16.3 Å². The lowest BCUT2D eigenvalue weighted by Gasteiger charge is -2.14. The molecule has 1 aliphatic rings. The smallest absolute Gasteiger partial charge is 0.263 e. The second-order valence-electron chi connectivity index (χ2n) is 3.32. The Morgan fingerprint density at radius 3 is 2.85 bits per heavy atom. The van der Waals surface area contributed by atoms with Crippen LogP contribution < -0.4 is 0 Å². The Morgan fingerprint density at radius 1 is 1.69 bits per heavy atom. The molecule has 0 spiro atoms. The number of amides is 1. The molecule has 0 N–H and O–H groups in total. The van der Waals surface area contributed by atoms with Gasteiger partial charge >= 0.3 is 0 Å². The minimum Gasteiger partial charge on any atom is -0.338 e. The van der Waals surface area contributed by atoms with E-state index in [4.69, 9.17) is 0 Å². The fourth-order valence-corrected chi connectivity index (χ4v) is 2.37. The van der Waals surface area contributed by atoms with Gasteiger partial charge in [0.15, 0.2) is 0 Å². The summed E-state index contributed by atoms with van der Waals surface area (Å²) >= 11 is 5.64. The van der Waals surface area contributed by atoms with Gasteiger partial charge in [-0.3, -0.25) is 4.79 Å². The van der Waals surface area contributed by atoms with Crippen LogP contribution in [0.5, 0.6) is 0 Å². The molecule has 1 aliphatic carbocycles. The highest BCUT2D eigenvalue weighted by molar-refractivity contribution is 7.80. The van der Waals surface area contributed by atoms with Crippen LogP contribution in [0.2, 0.25) is 0 Å². The minimum absolute atomic E-state index is 0.132. The lowest BCUT2D eigenvalue weighted by molar-refractivity contribution is 0.0790. The van der Waals surface area contributed by atoms with Crippen LogP contribution in [0, 0.1) is 0 Å². The summed E-state index contributed by atoms with van der Waals surface area (Å²) in [6.45, 7) is 0. The van der Waals surface area contributed by atoms with Crippen LogP contribution in [-0.4, -0.2) is 23.9 Å². The zero-order valence-electron chi connectivity index (χ0n) is 7.36. The fourth-order valence-electron chi connectivity index (χ4n) is 1.24. The highest BCUT2D eigenvalue weighted by atomic mass is 32.1. The van der Waals surface area contributed by atoms with Gasteiger partial charge < -0.3 is 4.90 Å². The number of thiol groups is 1. The average Bonchev–Trinajstić information content (AvgIpc) is 2.87. The maximum absolute atomic E-state index is 11.7. The van der Waals surface area contributed by atoms with Crippen molar-refractivity contribution in [3.63, 3.8) is 0 Å². The maximum atomic E-state index is 11.7. The molecule has 13 heavy (non-hydrogen) atoms. The lowest BCUT2D eigenvalue weighted by Crippen LogP contribution is -2.27. The Bertz CT molecular complexity index is 330. The van der Waals surface area contributed by atoms with Gasteiger partial charge in [0.1, 0.15) is 0 Å². The number of thiophene rings is 1. The van der Waals surface area contributed by atoms with Gasteiger partial charge in [-0.2, -0.15) is 0 Å². The highest BCUT2D eigenvalue weighted by Crippen LogP contribution is 2.28. The Balaban J connectivity index is 2.11. The van der Waals surface area contributed by atoms with Crippen LogP contribution in [0.4, 0.5) is 0 Å². The first-order valence-corrected chi connectivity index (χ1v) is 5.56. The van der Waals surface area contributed by atoms with Crippen molar-refractivity contribution in [3.05, 3.63) is 16.3 Å². The number of carbonyl (C=O) groups is 1. The molecule has 0 radical (unpaired) electrons. The minimum atomic E-state index is 0.132. The van der Waals surface area contributed by atoms with Gasteiger partial charge in [-0.1, -0.05) is 0 Å². The summed E-state index contributed by atoms with van der Waals surface area (Å²) in [4.78, 5) is 15.2.